The van der Waals surface area contributed by atoms with Crippen molar-refractivity contribution in [1.29, 1.82) is 0 Å². The number of hydrogen-bond acceptors (Lipinski definition) is 3. The van der Waals surface area contributed by atoms with Crippen molar-refractivity contribution in [3.05, 3.63) is 12.8 Å². The second kappa shape index (κ2) is 6.66. The lowest BCUT2D eigenvalue weighted by Gasteiger charge is -2.23. The van der Waals surface area contributed by atoms with E-state index in [1.165, 1.54) is 6.20 Å². The predicted molar refractivity (Wildman–Crippen MR) is 63.8 cm³/mol. The molecule has 0 aromatic heterocycles. The molecule has 1 aliphatic heterocycles. The van der Waals surface area contributed by atoms with E-state index in [0.29, 0.717) is 12.5 Å². The van der Waals surface area contributed by atoms with Crippen LogP contribution >= 0.6 is 0 Å². The third-order valence-corrected chi connectivity index (χ3v) is 2.99. The Balaban J connectivity index is 2.22. The van der Waals surface area contributed by atoms with Gasteiger partial charge in [0.2, 0.25) is 5.91 Å². The molecule has 92 valence electrons. The molecule has 4 nitrogen and oxygen atoms in total. The van der Waals surface area contributed by atoms with E-state index < -0.39 is 0 Å². The van der Waals surface area contributed by atoms with Crippen LogP contribution in [0.4, 0.5) is 0 Å². The Morgan fingerprint density at radius 1 is 1.62 bits per heavy atom. The summed E-state index contributed by atoms with van der Waals surface area (Å²) >= 11 is 0. The van der Waals surface area contributed by atoms with Gasteiger partial charge in [-0.3, -0.25) is 9.69 Å². The molecule has 0 unspecified atom stereocenters. The third kappa shape index (κ3) is 3.94. The number of rotatable bonds is 6. The largest absolute Gasteiger partial charge is 0.360 e. The molecule has 1 amide bonds. The minimum atomic E-state index is 0.00638. The maximum absolute atomic E-state index is 11.2. The van der Waals surface area contributed by atoms with Gasteiger partial charge in [-0.25, -0.2) is 0 Å². The summed E-state index contributed by atoms with van der Waals surface area (Å²) in [5.41, 5.74) is 0. The van der Waals surface area contributed by atoms with Crippen LogP contribution in [0.25, 0.3) is 0 Å². The van der Waals surface area contributed by atoms with Crippen LogP contribution in [0.3, 0.4) is 0 Å². The summed E-state index contributed by atoms with van der Waals surface area (Å²) in [6.07, 6.45) is 5.75. The van der Waals surface area contributed by atoms with E-state index in [-0.39, 0.29) is 12.1 Å². The highest BCUT2D eigenvalue weighted by molar-refractivity contribution is 5.76. The Bertz CT molecular complexity index is 243. The number of amides is 1. The molecule has 0 spiro atoms. The van der Waals surface area contributed by atoms with Gasteiger partial charge in [-0.1, -0.05) is 13.5 Å². The zero-order chi connectivity index (χ0) is 12.0. The molecule has 0 radical (unpaired) electrons. The summed E-state index contributed by atoms with van der Waals surface area (Å²) in [6, 6.07) is 0. The number of nitrogens with zero attached hydrogens (tertiary/aromatic N) is 1. The lowest BCUT2D eigenvalue weighted by Crippen LogP contribution is -2.34. The van der Waals surface area contributed by atoms with Crippen molar-refractivity contribution < 1.29 is 9.53 Å². The van der Waals surface area contributed by atoms with Gasteiger partial charge in [0.15, 0.2) is 0 Å². The van der Waals surface area contributed by atoms with Crippen molar-refractivity contribution in [2.24, 2.45) is 0 Å². The van der Waals surface area contributed by atoms with Gasteiger partial charge in [0.25, 0.3) is 0 Å². The molecule has 0 aromatic rings. The van der Waals surface area contributed by atoms with Gasteiger partial charge < -0.3 is 10.1 Å². The standard InChI is InChI=1S/C12H22N2O2/c1-4-10-6-7-12(16-10)14(3)9-8-11(15)13-5-2/h5,10,12H,2,4,6-9H2,1,3H3,(H,13,15)/t10-,12-/m1/s1. The Hall–Kier alpha value is -0.870. The molecule has 1 saturated heterocycles. The number of ether oxygens (including phenoxy) is 1. The molecule has 0 aromatic carbocycles. The first kappa shape index (κ1) is 13.2. The molecular formula is C12H22N2O2. The van der Waals surface area contributed by atoms with Gasteiger partial charge in [0.05, 0.1) is 6.10 Å². The highest BCUT2D eigenvalue weighted by atomic mass is 16.5. The van der Waals surface area contributed by atoms with Crippen LogP contribution in [0.15, 0.2) is 12.8 Å². The van der Waals surface area contributed by atoms with Crippen molar-refractivity contribution in [3.63, 3.8) is 0 Å². The summed E-state index contributed by atoms with van der Waals surface area (Å²) in [5.74, 6) is 0.00638. The average Bonchev–Trinajstić information content (AvgIpc) is 2.75. The number of carbonyl (C=O) groups is 1. The molecular weight excluding hydrogens is 204 g/mol. The van der Waals surface area contributed by atoms with E-state index in [2.05, 4.69) is 23.7 Å². The molecule has 1 N–H and O–H groups in total. The molecule has 0 aliphatic carbocycles. The molecule has 0 saturated carbocycles. The van der Waals surface area contributed by atoms with Crippen molar-refractivity contribution in [2.45, 2.75) is 44.9 Å². The van der Waals surface area contributed by atoms with Gasteiger partial charge in [-0.2, -0.15) is 0 Å². The van der Waals surface area contributed by atoms with Crippen molar-refractivity contribution in [1.82, 2.24) is 10.2 Å². The summed E-state index contributed by atoms with van der Waals surface area (Å²) < 4.78 is 5.84. The monoisotopic (exact) mass is 226 g/mol. The maximum atomic E-state index is 11.2. The number of nitrogens with one attached hydrogen (secondary N) is 1. The van der Waals surface area contributed by atoms with Crippen LogP contribution in [0, 0.1) is 0 Å². The number of hydrogen-bond donors (Lipinski definition) is 1. The quantitative estimate of drug-likeness (QED) is 0.746. The van der Waals surface area contributed by atoms with Crippen molar-refractivity contribution in [3.8, 4) is 0 Å². The van der Waals surface area contributed by atoms with Gasteiger partial charge in [0.1, 0.15) is 6.23 Å². The number of carbonyl (C=O) groups excluding carboxylic acids is 1. The summed E-state index contributed by atoms with van der Waals surface area (Å²) in [5, 5.41) is 2.57. The zero-order valence-corrected chi connectivity index (χ0v) is 10.2. The predicted octanol–water partition coefficient (Wildman–Crippen LogP) is 1.48. The molecule has 1 heterocycles. The first-order valence-corrected chi connectivity index (χ1v) is 5.93. The highest BCUT2D eigenvalue weighted by Crippen LogP contribution is 2.23. The minimum Gasteiger partial charge on any atom is -0.360 e. The summed E-state index contributed by atoms with van der Waals surface area (Å²) in [6.45, 7) is 6.32. The van der Waals surface area contributed by atoms with Gasteiger partial charge in [-0.05, 0) is 32.5 Å². The van der Waals surface area contributed by atoms with E-state index in [9.17, 15) is 4.79 Å². The SMILES string of the molecule is C=CNC(=O)CCN(C)[C@H]1CC[C@@H](CC)O1. The molecule has 1 aliphatic rings. The zero-order valence-electron chi connectivity index (χ0n) is 10.2. The molecule has 0 bridgehead atoms. The van der Waals surface area contributed by atoms with Gasteiger partial charge in [0, 0.05) is 13.0 Å². The summed E-state index contributed by atoms with van der Waals surface area (Å²) in [7, 11) is 2.00. The Labute approximate surface area is 97.6 Å². The highest BCUT2D eigenvalue weighted by Gasteiger charge is 2.26. The lowest BCUT2D eigenvalue weighted by atomic mass is 10.2. The fourth-order valence-corrected chi connectivity index (χ4v) is 1.92. The Kier molecular flexibility index (Phi) is 5.49. The lowest BCUT2D eigenvalue weighted by molar-refractivity contribution is -0.121. The van der Waals surface area contributed by atoms with Crippen LogP contribution in [-0.2, 0) is 9.53 Å². The normalized spacial score (nSPS) is 24.7. The van der Waals surface area contributed by atoms with Gasteiger partial charge >= 0.3 is 0 Å². The van der Waals surface area contributed by atoms with Crippen LogP contribution in [0.2, 0.25) is 0 Å². The first-order valence-electron chi connectivity index (χ1n) is 5.93. The van der Waals surface area contributed by atoms with Crippen LogP contribution in [0.5, 0.6) is 0 Å². The fraction of sp³-hybridized carbons (Fsp3) is 0.750. The molecule has 16 heavy (non-hydrogen) atoms. The average molecular weight is 226 g/mol. The Morgan fingerprint density at radius 2 is 2.38 bits per heavy atom. The minimum absolute atomic E-state index is 0.00638. The van der Waals surface area contributed by atoms with Crippen LogP contribution < -0.4 is 5.32 Å². The Morgan fingerprint density at radius 3 is 2.94 bits per heavy atom. The van der Waals surface area contributed by atoms with E-state index >= 15 is 0 Å². The first-order chi connectivity index (χ1) is 7.67. The maximum Gasteiger partial charge on any atom is 0.225 e. The molecule has 4 heteroatoms. The van der Waals surface area contributed by atoms with E-state index in [4.69, 9.17) is 4.74 Å². The van der Waals surface area contributed by atoms with Crippen molar-refractivity contribution >= 4 is 5.91 Å². The van der Waals surface area contributed by atoms with E-state index in [1.807, 2.05) is 7.05 Å². The molecule has 2 atom stereocenters. The van der Waals surface area contributed by atoms with Gasteiger partial charge in [-0.15, -0.1) is 0 Å². The summed E-state index contributed by atoms with van der Waals surface area (Å²) in [4.78, 5) is 13.3. The van der Waals surface area contributed by atoms with Crippen LogP contribution in [-0.4, -0.2) is 36.7 Å². The fourth-order valence-electron chi connectivity index (χ4n) is 1.92. The van der Waals surface area contributed by atoms with E-state index in [0.717, 1.165) is 25.8 Å². The van der Waals surface area contributed by atoms with E-state index in [1.54, 1.807) is 0 Å². The third-order valence-electron chi connectivity index (χ3n) is 2.99. The second-order valence-corrected chi connectivity index (χ2v) is 4.20. The van der Waals surface area contributed by atoms with Crippen molar-refractivity contribution in [2.75, 3.05) is 13.6 Å². The molecule has 1 rings (SSSR count). The smallest absolute Gasteiger partial charge is 0.225 e. The topological polar surface area (TPSA) is 41.6 Å². The molecule has 1 fully saturated rings. The van der Waals surface area contributed by atoms with Crippen LogP contribution in [0.1, 0.15) is 32.6 Å². The second-order valence-electron chi connectivity index (χ2n) is 4.20.